The number of aromatic nitrogens is 2. The highest BCUT2D eigenvalue weighted by Gasteiger charge is 2.16. The highest BCUT2D eigenvalue weighted by molar-refractivity contribution is 7.22. The standard InChI is InChI=1S/C23H33N5S/c1-7-28(8-2)14-13-24-21-20-18(25-22(26-21)27-23(4,5)6)15-19(29-20)17-11-9-16(3)10-12-17/h9-12,15H,7-8,13-14H2,1-6H3,(H2,24,25,26,27). The molecule has 3 rings (SSSR count). The lowest BCUT2D eigenvalue weighted by Gasteiger charge is -2.21. The Balaban J connectivity index is 1.95. The molecule has 0 unspecified atom stereocenters. The van der Waals surface area contributed by atoms with Gasteiger partial charge >= 0.3 is 0 Å². The van der Waals surface area contributed by atoms with Gasteiger partial charge in [-0.2, -0.15) is 4.98 Å². The van der Waals surface area contributed by atoms with Gasteiger partial charge in [0, 0.05) is 23.5 Å². The van der Waals surface area contributed by atoms with E-state index in [4.69, 9.17) is 9.97 Å². The van der Waals surface area contributed by atoms with E-state index in [9.17, 15) is 0 Å². The first kappa shape index (κ1) is 21.5. The highest BCUT2D eigenvalue weighted by Crippen LogP contribution is 2.37. The maximum atomic E-state index is 4.81. The molecule has 1 aromatic carbocycles. The van der Waals surface area contributed by atoms with Crippen molar-refractivity contribution in [1.82, 2.24) is 14.9 Å². The van der Waals surface area contributed by atoms with E-state index in [2.05, 4.69) is 87.4 Å². The van der Waals surface area contributed by atoms with E-state index in [1.54, 1.807) is 11.3 Å². The fourth-order valence-electron chi connectivity index (χ4n) is 3.17. The SMILES string of the molecule is CCN(CC)CCNc1nc(NC(C)(C)C)nc2cc(-c3ccc(C)cc3)sc12. The van der Waals surface area contributed by atoms with E-state index < -0.39 is 0 Å². The summed E-state index contributed by atoms with van der Waals surface area (Å²) in [7, 11) is 0. The van der Waals surface area contributed by atoms with Crippen LogP contribution in [-0.4, -0.2) is 46.6 Å². The molecule has 2 aromatic heterocycles. The van der Waals surface area contributed by atoms with Crippen molar-refractivity contribution < 1.29 is 0 Å². The topological polar surface area (TPSA) is 53.1 Å². The number of likely N-dealkylation sites (N-methyl/N-ethyl adjacent to an activating group) is 1. The monoisotopic (exact) mass is 411 g/mol. The number of hydrogen-bond acceptors (Lipinski definition) is 6. The molecule has 0 saturated heterocycles. The molecule has 6 heteroatoms. The van der Waals surface area contributed by atoms with Crippen LogP contribution < -0.4 is 10.6 Å². The molecule has 0 aliphatic rings. The van der Waals surface area contributed by atoms with Crippen LogP contribution in [0.3, 0.4) is 0 Å². The molecular formula is C23H33N5S. The van der Waals surface area contributed by atoms with Gasteiger partial charge in [0.2, 0.25) is 5.95 Å². The van der Waals surface area contributed by atoms with Gasteiger partial charge in [0.05, 0.1) is 10.2 Å². The van der Waals surface area contributed by atoms with Crippen LogP contribution in [0.5, 0.6) is 0 Å². The fourth-order valence-corrected chi connectivity index (χ4v) is 4.24. The Kier molecular flexibility index (Phi) is 6.75. The summed E-state index contributed by atoms with van der Waals surface area (Å²) in [5.74, 6) is 1.58. The van der Waals surface area contributed by atoms with Crippen molar-refractivity contribution in [3.05, 3.63) is 35.9 Å². The van der Waals surface area contributed by atoms with Gasteiger partial charge in [0.1, 0.15) is 5.82 Å². The van der Waals surface area contributed by atoms with Crippen molar-refractivity contribution in [2.24, 2.45) is 0 Å². The number of hydrogen-bond donors (Lipinski definition) is 2. The van der Waals surface area contributed by atoms with Crippen molar-refractivity contribution in [2.75, 3.05) is 36.8 Å². The number of anilines is 2. The molecule has 0 saturated carbocycles. The van der Waals surface area contributed by atoms with Gasteiger partial charge in [-0.25, -0.2) is 4.98 Å². The molecule has 0 fully saturated rings. The Morgan fingerprint density at radius 2 is 1.72 bits per heavy atom. The van der Waals surface area contributed by atoms with Gasteiger partial charge in [0.25, 0.3) is 0 Å². The molecule has 0 spiro atoms. The van der Waals surface area contributed by atoms with Gasteiger partial charge in [-0.15, -0.1) is 11.3 Å². The van der Waals surface area contributed by atoms with Gasteiger partial charge in [-0.3, -0.25) is 0 Å². The van der Waals surface area contributed by atoms with E-state index in [1.807, 2.05) is 0 Å². The van der Waals surface area contributed by atoms with Crippen LogP contribution in [-0.2, 0) is 0 Å². The first-order valence-electron chi connectivity index (χ1n) is 10.4. The molecule has 0 bridgehead atoms. The first-order chi connectivity index (χ1) is 13.8. The molecule has 0 aliphatic heterocycles. The Morgan fingerprint density at radius 1 is 1.03 bits per heavy atom. The maximum absolute atomic E-state index is 4.81. The Morgan fingerprint density at radius 3 is 2.34 bits per heavy atom. The van der Waals surface area contributed by atoms with Crippen LogP contribution >= 0.6 is 11.3 Å². The predicted octanol–water partition coefficient (Wildman–Crippen LogP) is 5.63. The molecule has 29 heavy (non-hydrogen) atoms. The molecule has 2 heterocycles. The van der Waals surface area contributed by atoms with Crippen molar-refractivity contribution >= 4 is 33.3 Å². The third-order valence-electron chi connectivity index (χ3n) is 4.81. The Bertz CT molecular complexity index is 936. The lowest BCUT2D eigenvalue weighted by atomic mass is 10.1. The lowest BCUT2D eigenvalue weighted by molar-refractivity contribution is 0.316. The number of thiophene rings is 1. The molecule has 0 radical (unpaired) electrons. The van der Waals surface area contributed by atoms with E-state index in [1.165, 1.54) is 16.0 Å². The quantitative estimate of drug-likeness (QED) is 0.503. The Hall–Kier alpha value is -2.18. The van der Waals surface area contributed by atoms with Crippen molar-refractivity contribution in [3.63, 3.8) is 0 Å². The average molecular weight is 412 g/mol. The second-order valence-corrected chi connectivity index (χ2v) is 9.47. The summed E-state index contributed by atoms with van der Waals surface area (Å²) in [5, 5.41) is 6.99. The van der Waals surface area contributed by atoms with Crippen molar-refractivity contribution in [3.8, 4) is 10.4 Å². The number of fused-ring (bicyclic) bond motifs is 1. The predicted molar refractivity (Wildman–Crippen MR) is 127 cm³/mol. The van der Waals surface area contributed by atoms with Gasteiger partial charge in [-0.05, 0) is 52.4 Å². The van der Waals surface area contributed by atoms with Crippen LogP contribution in [0.2, 0.25) is 0 Å². The number of aryl methyl sites for hydroxylation is 1. The normalized spacial score (nSPS) is 12.0. The van der Waals surface area contributed by atoms with E-state index in [0.29, 0.717) is 5.95 Å². The van der Waals surface area contributed by atoms with Crippen LogP contribution in [0.25, 0.3) is 20.7 Å². The second-order valence-electron chi connectivity index (χ2n) is 8.42. The smallest absolute Gasteiger partial charge is 0.225 e. The summed E-state index contributed by atoms with van der Waals surface area (Å²) >= 11 is 1.75. The molecular weight excluding hydrogens is 378 g/mol. The minimum Gasteiger partial charge on any atom is -0.367 e. The molecule has 5 nitrogen and oxygen atoms in total. The van der Waals surface area contributed by atoms with Gasteiger partial charge in [0.15, 0.2) is 0 Å². The molecule has 3 aromatic rings. The molecule has 156 valence electrons. The minimum atomic E-state index is -0.0953. The number of nitrogens with one attached hydrogen (secondary N) is 2. The van der Waals surface area contributed by atoms with Gasteiger partial charge in [-0.1, -0.05) is 43.7 Å². The summed E-state index contributed by atoms with van der Waals surface area (Å²) in [5.41, 5.74) is 3.38. The zero-order valence-electron chi connectivity index (χ0n) is 18.5. The van der Waals surface area contributed by atoms with Crippen LogP contribution in [0.15, 0.2) is 30.3 Å². The summed E-state index contributed by atoms with van der Waals surface area (Å²) < 4.78 is 1.11. The van der Waals surface area contributed by atoms with Crippen molar-refractivity contribution in [2.45, 2.75) is 47.1 Å². The van der Waals surface area contributed by atoms with E-state index >= 15 is 0 Å². The van der Waals surface area contributed by atoms with Crippen molar-refractivity contribution in [1.29, 1.82) is 0 Å². The Labute approximate surface area is 178 Å². The van der Waals surface area contributed by atoms with Gasteiger partial charge < -0.3 is 15.5 Å². The zero-order chi connectivity index (χ0) is 21.0. The summed E-state index contributed by atoms with van der Waals surface area (Å²) in [6.45, 7) is 16.9. The number of benzene rings is 1. The third-order valence-corrected chi connectivity index (χ3v) is 5.99. The van der Waals surface area contributed by atoms with Crippen LogP contribution in [0.4, 0.5) is 11.8 Å². The first-order valence-corrected chi connectivity index (χ1v) is 11.2. The van der Waals surface area contributed by atoms with E-state index in [0.717, 1.165) is 42.2 Å². The largest absolute Gasteiger partial charge is 0.367 e. The molecule has 0 amide bonds. The molecule has 0 atom stereocenters. The maximum Gasteiger partial charge on any atom is 0.225 e. The second kappa shape index (κ2) is 9.09. The molecule has 0 aliphatic carbocycles. The van der Waals surface area contributed by atoms with E-state index in [-0.39, 0.29) is 5.54 Å². The summed E-state index contributed by atoms with van der Waals surface area (Å²) in [6, 6.07) is 10.8. The molecule has 2 N–H and O–H groups in total. The minimum absolute atomic E-state index is 0.0953. The zero-order valence-corrected chi connectivity index (χ0v) is 19.3. The number of nitrogens with zero attached hydrogens (tertiary/aromatic N) is 3. The van der Waals surface area contributed by atoms with Crippen LogP contribution in [0.1, 0.15) is 40.2 Å². The highest BCUT2D eigenvalue weighted by atomic mass is 32.1. The summed E-state index contributed by atoms with van der Waals surface area (Å²) in [6.07, 6.45) is 0. The summed E-state index contributed by atoms with van der Waals surface area (Å²) in [4.78, 5) is 13.2. The fraction of sp³-hybridized carbons (Fsp3) is 0.478. The number of rotatable bonds is 8. The van der Waals surface area contributed by atoms with Crippen LogP contribution in [0, 0.1) is 6.92 Å². The lowest BCUT2D eigenvalue weighted by Crippen LogP contribution is -2.29. The third kappa shape index (κ3) is 5.67. The average Bonchev–Trinajstić information content (AvgIpc) is 3.08.